The van der Waals surface area contributed by atoms with E-state index in [4.69, 9.17) is 4.74 Å². The van der Waals surface area contributed by atoms with Crippen LogP contribution >= 0.6 is 11.8 Å². The Balaban J connectivity index is 0.000000248. The molecule has 0 saturated heterocycles. The van der Waals surface area contributed by atoms with Crippen molar-refractivity contribution in [1.82, 2.24) is 5.32 Å². The van der Waals surface area contributed by atoms with Gasteiger partial charge in [0.25, 0.3) is 0 Å². The molecule has 4 nitrogen and oxygen atoms in total. The Morgan fingerprint density at radius 3 is 2.17 bits per heavy atom. The maximum Gasteiger partial charge on any atom is 0.211 e. The lowest BCUT2D eigenvalue weighted by atomic mass is 10.1. The molecule has 158 valence electrons. The molecule has 0 saturated carbocycles. The van der Waals surface area contributed by atoms with E-state index in [2.05, 4.69) is 54.0 Å². The summed E-state index contributed by atoms with van der Waals surface area (Å²) in [6.07, 6.45) is 1.77. The fraction of sp³-hybridized carbons (Fsp3) is 0.240. The van der Waals surface area contributed by atoms with Gasteiger partial charge < -0.3 is 15.4 Å². The van der Waals surface area contributed by atoms with Crippen LogP contribution in [0.25, 0.3) is 0 Å². The summed E-state index contributed by atoms with van der Waals surface area (Å²) >= 11 is 1.71. The van der Waals surface area contributed by atoms with Crippen LogP contribution in [-0.2, 0) is 17.0 Å². The van der Waals surface area contributed by atoms with Gasteiger partial charge >= 0.3 is 0 Å². The molecule has 0 aliphatic heterocycles. The summed E-state index contributed by atoms with van der Waals surface area (Å²) in [7, 11) is 3.63. The van der Waals surface area contributed by atoms with Gasteiger partial charge in [-0.05, 0) is 43.7 Å². The first-order chi connectivity index (χ1) is 14.7. The van der Waals surface area contributed by atoms with Crippen LogP contribution in [0.1, 0.15) is 18.1 Å². The van der Waals surface area contributed by atoms with Crippen molar-refractivity contribution in [1.29, 1.82) is 0 Å². The Hall–Kier alpha value is -2.76. The molecule has 0 aliphatic rings. The smallest absolute Gasteiger partial charge is 0.211 e. The number of thioether (sulfide) groups is 1. The lowest BCUT2D eigenvalue weighted by Crippen LogP contribution is -2.23. The minimum absolute atomic E-state index is 0.567. The predicted octanol–water partition coefficient (Wildman–Crippen LogP) is 5.39. The van der Waals surface area contributed by atoms with Crippen LogP contribution < -0.4 is 15.4 Å². The van der Waals surface area contributed by atoms with Crippen molar-refractivity contribution in [2.45, 2.75) is 30.0 Å². The van der Waals surface area contributed by atoms with Crippen molar-refractivity contribution in [2.75, 3.05) is 19.5 Å². The normalized spacial score (nSPS) is 11.0. The highest BCUT2D eigenvalue weighted by atomic mass is 32.2. The third kappa shape index (κ3) is 8.31. The number of hydrogen-bond donors (Lipinski definition) is 2. The van der Waals surface area contributed by atoms with Gasteiger partial charge in [0.05, 0.1) is 7.11 Å². The van der Waals surface area contributed by atoms with E-state index in [0.29, 0.717) is 12.5 Å². The van der Waals surface area contributed by atoms with Crippen LogP contribution in [-0.4, -0.2) is 26.6 Å². The topological polar surface area (TPSA) is 50.4 Å². The summed E-state index contributed by atoms with van der Waals surface area (Å²) in [6.45, 7) is 2.19. The number of ether oxygens (including phenoxy) is 1. The van der Waals surface area contributed by atoms with Gasteiger partial charge in [-0.25, -0.2) is 0 Å². The van der Waals surface area contributed by atoms with Gasteiger partial charge in [-0.15, -0.1) is 11.8 Å². The first-order valence-corrected chi connectivity index (χ1v) is 10.9. The SMILES string of the molecule is CNC(C)Cc1ccccc1.COc1cc(NC=O)ccc1SCc1ccccc1. The molecule has 30 heavy (non-hydrogen) atoms. The first kappa shape index (κ1) is 23.5. The van der Waals surface area contributed by atoms with Crippen LogP contribution in [0.3, 0.4) is 0 Å². The number of nitrogens with one attached hydrogen (secondary N) is 2. The maximum absolute atomic E-state index is 10.4. The molecule has 0 aromatic heterocycles. The molecule has 1 atom stereocenters. The largest absolute Gasteiger partial charge is 0.496 e. The van der Waals surface area contributed by atoms with E-state index < -0.39 is 0 Å². The molecule has 0 heterocycles. The van der Waals surface area contributed by atoms with Gasteiger partial charge in [-0.1, -0.05) is 60.7 Å². The fourth-order valence-electron chi connectivity index (χ4n) is 2.75. The Morgan fingerprint density at radius 2 is 1.60 bits per heavy atom. The molecule has 0 radical (unpaired) electrons. The number of amides is 1. The van der Waals surface area contributed by atoms with Crippen LogP contribution in [0.15, 0.2) is 83.8 Å². The number of carbonyl (C=O) groups is 1. The average Bonchev–Trinajstić information content (AvgIpc) is 2.80. The lowest BCUT2D eigenvalue weighted by Gasteiger charge is -2.10. The molecule has 5 heteroatoms. The summed E-state index contributed by atoms with van der Waals surface area (Å²) in [4.78, 5) is 11.5. The highest BCUT2D eigenvalue weighted by molar-refractivity contribution is 7.98. The van der Waals surface area contributed by atoms with Gasteiger partial charge in [0.1, 0.15) is 5.75 Å². The Bertz CT molecular complexity index is 873. The highest BCUT2D eigenvalue weighted by Gasteiger charge is 2.05. The zero-order chi connectivity index (χ0) is 21.6. The molecule has 1 amide bonds. The molecule has 0 fully saturated rings. The Kier molecular flexibility index (Phi) is 10.6. The predicted molar refractivity (Wildman–Crippen MR) is 127 cm³/mol. The second-order valence-electron chi connectivity index (χ2n) is 6.78. The summed E-state index contributed by atoms with van der Waals surface area (Å²) in [5.74, 6) is 1.66. The monoisotopic (exact) mass is 422 g/mol. The van der Waals surface area contributed by atoms with Gasteiger partial charge in [0, 0.05) is 28.4 Å². The van der Waals surface area contributed by atoms with E-state index in [1.165, 1.54) is 11.1 Å². The third-order valence-electron chi connectivity index (χ3n) is 4.50. The summed E-state index contributed by atoms with van der Waals surface area (Å²) in [5, 5.41) is 5.83. The quantitative estimate of drug-likeness (QED) is 0.358. The first-order valence-electron chi connectivity index (χ1n) is 9.92. The van der Waals surface area contributed by atoms with E-state index >= 15 is 0 Å². The van der Waals surface area contributed by atoms with E-state index in [1.54, 1.807) is 18.9 Å². The molecule has 0 spiro atoms. The van der Waals surface area contributed by atoms with Gasteiger partial charge in [0.15, 0.2) is 0 Å². The molecular weight excluding hydrogens is 392 g/mol. The van der Waals surface area contributed by atoms with Crippen molar-refractivity contribution >= 4 is 23.9 Å². The maximum atomic E-state index is 10.4. The Morgan fingerprint density at radius 1 is 0.967 bits per heavy atom. The van der Waals surface area contributed by atoms with E-state index in [-0.39, 0.29) is 0 Å². The molecule has 0 aliphatic carbocycles. The molecular formula is C25H30N2O2S. The second kappa shape index (κ2) is 13.5. The van der Waals surface area contributed by atoms with Gasteiger partial charge in [-0.3, -0.25) is 4.79 Å². The average molecular weight is 423 g/mol. The summed E-state index contributed by atoms with van der Waals surface area (Å²) < 4.78 is 5.34. The van der Waals surface area contributed by atoms with Crippen molar-refractivity contribution in [3.63, 3.8) is 0 Å². The number of likely N-dealkylation sites (N-methyl/N-ethyl adjacent to an activating group) is 1. The molecule has 3 aromatic rings. The minimum Gasteiger partial charge on any atom is -0.496 e. The van der Waals surface area contributed by atoms with Crippen molar-refractivity contribution in [3.05, 3.63) is 90.0 Å². The Labute approximate surface area is 184 Å². The lowest BCUT2D eigenvalue weighted by molar-refractivity contribution is -0.105. The van der Waals surface area contributed by atoms with Crippen molar-refractivity contribution in [2.24, 2.45) is 0 Å². The van der Waals surface area contributed by atoms with Crippen LogP contribution in [0.2, 0.25) is 0 Å². The zero-order valence-corrected chi connectivity index (χ0v) is 18.6. The standard InChI is InChI=1S/C15H15NO2S.C10H15N/c1-18-14-9-13(16-11-17)7-8-15(14)19-10-12-5-3-2-4-6-12;1-9(11-2)8-10-6-4-3-5-7-10/h2-9,11H,10H2,1H3,(H,16,17);3-7,9,11H,8H2,1-2H3. The number of benzene rings is 3. The van der Waals surface area contributed by atoms with E-state index in [9.17, 15) is 4.79 Å². The van der Waals surface area contributed by atoms with Crippen LogP contribution in [0.5, 0.6) is 5.75 Å². The van der Waals surface area contributed by atoms with Crippen LogP contribution in [0.4, 0.5) is 5.69 Å². The van der Waals surface area contributed by atoms with E-state index in [0.717, 1.165) is 28.5 Å². The highest BCUT2D eigenvalue weighted by Crippen LogP contribution is 2.33. The molecule has 3 rings (SSSR count). The summed E-state index contributed by atoms with van der Waals surface area (Å²) in [6, 6.07) is 27.0. The molecule has 2 N–H and O–H groups in total. The van der Waals surface area contributed by atoms with Crippen molar-refractivity contribution in [3.8, 4) is 5.75 Å². The number of rotatable bonds is 9. The number of anilines is 1. The van der Waals surface area contributed by atoms with Crippen LogP contribution in [0, 0.1) is 0 Å². The molecule has 0 bridgehead atoms. The number of methoxy groups -OCH3 is 1. The van der Waals surface area contributed by atoms with Crippen molar-refractivity contribution < 1.29 is 9.53 Å². The van der Waals surface area contributed by atoms with E-state index in [1.807, 2.05) is 49.5 Å². The molecule has 3 aromatic carbocycles. The second-order valence-corrected chi connectivity index (χ2v) is 7.80. The third-order valence-corrected chi connectivity index (χ3v) is 5.63. The number of carbonyl (C=O) groups excluding carboxylic acids is 1. The summed E-state index contributed by atoms with van der Waals surface area (Å²) in [5.41, 5.74) is 3.40. The number of hydrogen-bond acceptors (Lipinski definition) is 4. The fourth-order valence-corrected chi connectivity index (χ4v) is 3.71. The van der Waals surface area contributed by atoms with Gasteiger partial charge in [-0.2, -0.15) is 0 Å². The van der Waals surface area contributed by atoms with Gasteiger partial charge in [0.2, 0.25) is 6.41 Å². The molecule has 1 unspecified atom stereocenters. The minimum atomic E-state index is 0.567. The zero-order valence-electron chi connectivity index (χ0n) is 17.8.